The number of nitrogens with one attached hydrogen (secondary N) is 1. The van der Waals surface area contributed by atoms with Gasteiger partial charge in [-0.05, 0) is 48.6 Å². The molecule has 2 aliphatic rings. The number of fused-ring (bicyclic) bond motifs is 2. The van der Waals surface area contributed by atoms with Gasteiger partial charge in [-0.15, -0.1) is 11.3 Å². The molecule has 32 heavy (non-hydrogen) atoms. The third-order valence-corrected chi connectivity index (χ3v) is 7.65. The minimum absolute atomic E-state index is 0.0141. The number of amides is 2. The van der Waals surface area contributed by atoms with Gasteiger partial charge < -0.3 is 10.2 Å². The maximum Gasteiger partial charge on any atom is 0.248 e. The molecule has 3 heterocycles. The smallest absolute Gasteiger partial charge is 0.248 e. The molecule has 2 aliphatic heterocycles. The zero-order chi connectivity index (χ0) is 22.5. The summed E-state index contributed by atoms with van der Waals surface area (Å²) in [6, 6.07) is 14.6. The maximum atomic E-state index is 13.4. The number of rotatable bonds is 4. The van der Waals surface area contributed by atoms with Gasteiger partial charge in [0.25, 0.3) is 0 Å². The lowest BCUT2D eigenvalue weighted by Crippen LogP contribution is -2.72. The first kappa shape index (κ1) is 21.1. The fourth-order valence-corrected chi connectivity index (χ4v) is 5.98. The molecule has 1 N–H and O–H groups in total. The van der Waals surface area contributed by atoms with Gasteiger partial charge in [0.2, 0.25) is 11.8 Å². The van der Waals surface area contributed by atoms with Crippen molar-refractivity contribution < 1.29 is 14.0 Å². The molecule has 0 spiro atoms. The quantitative estimate of drug-likeness (QED) is 0.660. The number of carbonyl (C=O) groups excluding carboxylic acids is 2. The minimum Gasteiger partial charge on any atom is -0.340 e. The first-order valence-corrected chi connectivity index (χ1v) is 11.7. The van der Waals surface area contributed by atoms with E-state index >= 15 is 0 Å². The Hall–Kier alpha value is -2.77. The Morgan fingerprint density at radius 1 is 1.09 bits per heavy atom. The number of hydrogen-bond donors (Lipinski definition) is 1. The molecular formula is C25H26FN3O2S. The van der Waals surface area contributed by atoms with Crippen LogP contribution < -0.4 is 5.32 Å². The van der Waals surface area contributed by atoms with Crippen LogP contribution in [0, 0.1) is 5.82 Å². The largest absolute Gasteiger partial charge is 0.340 e. The molecule has 0 bridgehead atoms. The zero-order valence-corrected chi connectivity index (χ0v) is 19.0. The lowest BCUT2D eigenvalue weighted by molar-refractivity contribution is -0.157. The third kappa shape index (κ3) is 3.80. The van der Waals surface area contributed by atoms with Crippen LogP contribution in [0.3, 0.4) is 0 Å². The van der Waals surface area contributed by atoms with Gasteiger partial charge in [0.15, 0.2) is 0 Å². The van der Waals surface area contributed by atoms with Gasteiger partial charge in [0, 0.05) is 42.2 Å². The van der Waals surface area contributed by atoms with Crippen LogP contribution in [0.4, 0.5) is 4.39 Å². The second-order valence-corrected chi connectivity index (χ2v) is 10.3. The van der Waals surface area contributed by atoms with Crippen molar-refractivity contribution in [1.82, 2.24) is 15.1 Å². The minimum atomic E-state index is -0.846. The normalized spacial score (nSPS) is 21.0. The van der Waals surface area contributed by atoms with Gasteiger partial charge in [-0.2, -0.15) is 0 Å². The summed E-state index contributed by atoms with van der Waals surface area (Å²) in [7, 11) is 0. The Balaban J connectivity index is 1.41. The molecule has 1 atom stereocenters. The van der Waals surface area contributed by atoms with Gasteiger partial charge in [0.1, 0.15) is 17.4 Å². The van der Waals surface area contributed by atoms with E-state index in [4.69, 9.17) is 0 Å². The van der Waals surface area contributed by atoms with E-state index in [1.165, 1.54) is 32.7 Å². The fourth-order valence-electron chi connectivity index (χ4n) is 4.73. The predicted octanol–water partition coefficient (Wildman–Crippen LogP) is 3.55. The molecule has 0 saturated carbocycles. The van der Waals surface area contributed by atoms with E-state index < -0.39 is 11.6 Å². The highest BCUT2D eigenvalue weighted by molar-refractivity contribution is 7.19. The topological polar surface area (TPSA) is 52.7 Å². The van der Waals surface area contributed by atoms with E-state index in [0.29, 0.717) is 13.1 Å². The molecule has 7 heteroatoms. The van der Waals surface area contributed by atoms with Crippen molar-refractivity contribution in [1.29, 1.82) is 0 Å². The molecule has 3 aromatic rings. The standard InChI is InChI=1S/C25H26FN3O2S/c1-25(2)24(31)29-12-11-28(15-20(29)23(30)27-25)14-19-18-5-3-4-6-21(18)32-22(19)13-16-7-9-17(26)10-8-16/h3-10,20H,11-15H2,1-2H3,(H,27,30). The average molecular weight is 452 g/mol. The van der Waals surface area contributed by atoms with Crippen LogP contribution in [0.15, 0.2) is 48.5 Å². The lowest BCUT2D eigenvalue weighted by atomic mass is 9.95. The van der Waals surface area contributed by atoms with Gasteiger partial charge in [-0.25, -0.2) is 4.39 Å². The number of piperazine rings is 2. The number of carbonyl (C=O) groups is 2. The van der Waals surface area contributed by atoms with Crippen LogP contribution in [0.5, 0.6) is 0 Å². The Kier molecular flexibility index (Phi) is 5.26. The van der Waals surface area contributed by atoms with Crippen LogP contribution in [0.25, 0.3) is 10.1 Å². The molecule has 0 aliphatic carbocycles. The van der Waals surface area contributed by atoms with E-state index in [-0.39, 0.29) is 17.6 Å². The Morgan fingerprint density at radius 3 is 2.62 bits per heavy atom. The highest BCUT2D eigenvalue weighted by atomic mass is 32.1. The van der Waals surface area contributed by atoms with E-state index in [9.17, 15) is 14.0 Å². The molecule has 2 saturated heterocycles. The second-order valence-electron chi connectivity index (χ2n) is 9.17. The Labute approximate surface area is 190 Å². The summed E-state index contributed by atoms with van der Waals surface area (Å²) >= 11 is 1.77. The van der Waals surface area contributed by atoms with Crippen molar-refractivity contribution in [2.75, 3.05) is 19.6 Å². The Morgan fingerprint density at radius 2 is 1.84 bits per heavy atom. The van der Waals surface area contributed by atoms with Gasteiger partial charge in [0.05, 0.1) is 0 Å². The number of thiophene rings is 1. The van der Waals surface area contributed by atoms with Crippen LogP contribution >= 0.6 is 11.3 Å². The molecule has 166 valence electrons. The third-order valence-electron chi connectivity index (χ3n) is 6.44. The summed E-state index contributed by atoms with van der Waals surface area (Å²) in [6.45, 7) is 6.04. The zero-order valence-electron chi connectivity index (χ0n) is 18.2. The summed E-state index contributed by atoms with van der Waals surface area (Å²) in [5.74, 6) is -0.326. The number of nitrogens with zero attached hydrogens (tertiary/aromatic N) is 2. The van der Waals surface area contributed by atoms with Crippen LogP contribution in [-0.4, -0.2) is 52.8 Å². The number of halogens is 1. The van der Waals surface area contributed by atoms with Crippen LogP contribution in [-0.2, 0) is 22.6 Å². The van der Waals surface area contributed by atoms with Crippen molar-refractivity contribution in [2.24, 2.45) is 0 Å². The molecule has 1 aromatic heterocycles. The highest BCUT2D eigenvalue weighted by Crippen LogP contribution is 2.34. The Bertz CT molecular complexity index is 1190. The number of hydrogen-bond acceptors (Lipinski definition) is 4. The first-order chi connectivity index (χ1) is 15.3. The molecule has 0 radical (unpaired) electrons. The predicted molar refractivity (Wildman–Crippen MR) is 124 cm³/mol. The van der Waals surface area contributed by atoms with E-state index in [2.05, 4.69) is 22.3 Å². The van der Waals surface area contributed by atoms with Crippen LogP contribution in [0.1, 0.15) is 29.9 Å². The van der Waals surface area contributed by atoms with E-state index in [0.717, 1.165) is 25.1 Å². The molecule has 2 fully saturated rings. The SMILES string of the molecule is CC1(C)NC(=O)C2CN(Cc3c(Cc4ccc(F)cc4)sc4ccccc34)CCN2C1=O. The first-order valence-electron chi connectivity index (χ1n) is 10.9. The van der Waals surface area contributed by atoms with Crippen molar-refractivity contribution in [3.63, 3.8) is 0 Å². The molecular weight excluding hydrogens is 425 g/mol. The second kappa shape index (κ2) is 7.98. The summed E-state index contributed by atoms with van der Waals surface area (Å²) in [5.41, 5.74) is 1.48. The fraction of sp³-hybridized carbons (Fsp3) is 0.360. The monoisotopic (exact) mass is 451 g/mol. The van der Waals surface area contributed by atoms with Gasteiger partial charge >= 0.3 is 0 Å². The maximum absolute atomic E-state index is 13.4. The van der Waals surface area contributed by atoms with Crippen molar-refractivity contribution in [3.8, 4) is 0 Å². The summed E-state index contributed by atoms with van der Waals surface area (Å²) in [5, 5.41) is 4.10. The van der Waals surface area contributed by atoms with Crippen molar-refractivity contribution >= 4 is 33.2 Å². The molecule has 2 amide bonds. The summed E-state index contributed by atoms with van der Waals surface area (Å²) in [6.07, 6.45) is 0.742. The van der Waals surface area contributed by atoms with Crippen LogP contribution in [0.2, 0.25) is 0 Å². The molecule has 1 unspecified atom stereocenters. The van der Waals surface area contributed by atoms with Crippen molar-refractivity contribution in [2.45, 2.75) is 38.4 Å². The molecule has 2 aromatic carbocycles. The van der Waals surface area contributed by atoms with E-state index in [1.54, 1.807) is 30.1 Å². The average Bonchev–Trinajstić information content (AvgIpc) is 3.10. The summed E-state index contributed by atoms with van der Waals surface area (Å²) < 4.78 is 14.6. The van der Waals surface area contributed by atoms with Crippen molar-refractivity contribution in [3.05, 3.63) is 70.4 Å². The lowest BCUT2D eigenvalue weighted by Gasteiger charge is -2.47. The molecule has 5 nitrogen and oxygen atoms in total. The van der Waals surface area contributed by atoms with E-state index in [1.807, 2.05) is 24.3 Å². The van der Waals surface area contributed by atoms with Gasteiger partial charge in [-0.1, -0.05) is 30.3 Å². The highest BCUT2D eigenvalue weighted by Gasteiger charge is 2.47. The van der Waals surface area contributed by atoms with Gasteiger partial charge in [-0.3, -0.25) is 14.5 Å². The number of benzene rings is 2. The summed E-state index contributed by atoms with van der Waals surface area (Å²) in [4.78, 5) is 30.8. The molecule has 5 rings (SSSR count).